The van der Waals surface area contributed by atoms with E-state index in [4.69, 9.17) is 4.74 Å². The number of hydrogen-bond donors (Lipinski definition) is 2. The molecule has 0 spiro atoms. The van der Waals surface area contributed by atoms with Gasteiger partial charge in [-0.25, -0.2) is 9.89 Å². The first-order valence-corrected chi connectivity index (χ1v) is 10.1. The molecule has 0 radical (unpaired) electrons. The monoisotopic (exact) mass is 390 g/mol. The van der Waals surface area contributed by atoms with Gasteiger partial charge in [0.1, 0.15) is 0 Å². The van der Waals surface area contributed by atoms with Crippen molar-refractivity contribution in [3.8, 4) is 0 Å². The van der Waals surface area contributed by atoms with Crippen LogP contribution in [0, 0.1) is 0 Å². The van der Waals surface area contributed by atoms with Crippen LogP contribution in [0.3, 0.4) is 0 Å². The quantitative estimate of drug-likeness (QED) is 0.741. The maximum absolute atomic E-state index is 12.2. The fourth-order valence-corrected chi connectivity index (χ4v) is 3.70. The van der Waals surface area contributed by atoms with Crippen molar-refractivity contribution in [1.82, 2.24) is 14.8 Å². The van der Waals surface area contributed by atoms with Crippen molar-refractivity contribution >= 4 is 23.4 Å². The first-order valence-electron chi connectivity index (χ1n) is 9.13. The van der Waals surface area contributed by atoms with Gasteiger partial charge < -0.3 is 10.1 Å². The number of carbonyl (C=O) groups is 1. The zero-order valence-corrected chi connectivity index (χ0v) is 16.8. The molecule has 1 aliphatic heterocycles. The lowest BCUT2D eigenvalue weighted by atomic mass is 9.87. The Morgan fingerprint density at radius 1 is 1.37 bits per heavy atom. The van der Waals surface area contributed by atoms with E-state index < -0.39 is 0 Å². The number of carbonyl (C=O) groups excluding carboxylic acids is 1. The largest absolute Gasteiger partial charge is 0.376 e. The Morgan fingerprint density at radius 2 is 2.11 bits per heavy atom. The Balaban J connectivity index is 1.55. The molecule has 1 aromatic carbocycles. The molecule has 0 aliphatic carbocycles. The number of aromatic amines is 1. The van der Waals surface area contributed by atoms with Crippen LogP contribution in [0.1, 0.15) is 39.2 Å². The van der Waals surface area contributed by atoms with E-state index in [0.717, 1.165) is 25.1 Å². The smallest absolute Gasteiger partial charge is 0.344 e. The SMILES string of the molecule is CC(C)(C)c1ccc(NC(=O)CSc2n[nH]c(=O)n2CC2CCCO2)cc1. The van der Waals surface area contributed by atoms with Crippen LogP contribution in [-0.4, -0.2) is 39.1 Å². The summed E-state index contributed by atoms with van der Waals surface area (Å²) in [5.41, 5.74) is 1.77. The Labute approximate surface area is 162 Å². The zero-order chi connectivity index (χ0) is 19.4. The van der Waals surface area contributed by atoms with E-state index in [1.54, 1.807) is 4.57 Å². The first-order chi connectivity index (χ1) is 12.8. The summed E-state index contributed by atoms with van der Waals surface area (Å²) in [5, 5.41) is 9.87. The minimum atomic E-state index is -0.272. The van der Waals surface area contributed by atoms with Gasteiger partial charge >= 0.3 is 5.69 Å². The Kier molecular flexibility index (Phi) is 6.06. The number of ether oxygens (including phenoxy) is 1. The van der Waals surface area contributed by atoms with Crippen molar-refractivity contribution in [2.24, 2.45) is 0 Å². The number of benzene rings is 1. The number of nitrogens with zero attached hydrogens (tertiary/aromatic N) is 2. The molecule has 146 valence electrons. The van der Waals surface area contributed by atoms with E-state index in [2.05, 4.69) is 36.3 Å². The van der Waals surface area contributed by atoms with Gasteiger partial charge in [0, 0.05) is 12.3 Å². The molecule has 2 aromatic rings. The second kappa shape index (κ2) is 8.31. The molecular formula is C19H26N4O3S. The molecule has 0 saturated carbocycles. The van der Waals surface area contributed by atoms with Crippen LogP contribution in [0.2, 0.25) is 0 Å². The average molecular weight is 391 g/mol. The molecule has 1 aromatic heterocycles. The normalized spacial score (nSPS) is 17.2. The fraction of sp³-hybridized carbons (Fsp3) is 0.526. The number of hydrogen-bond acceptors (Lipinski definition) is 5. The first kappa shape index (κ1) is 19.7. The Morgan fingerprint density at radius 3 is 2.74 bits per heavy atom. The predicted molar refractivity (Wildman–Crippen MR) is 106 cm³/mol. The zero-order valence-electron chi connectivity index (χ0n) is 15.9. The molecule has 3 rings (SSSR count). The summed E-state index contributed by atoms with van der Waals surface area (Å²) in [7, 11) is 0. The molecule has 1 atom stereocenters. The number of anilines is 1. The molecule has 1 amide bonds. The van der Waals surface area contributed by atoms with Crippen LogP contribution in [-0.2, 0) is 21.5 Å². The van der Waals surface area contributed by atoms with Crippen molar-refractivity contribution in [1.29, 1.82) is 0 Å². The molecular weight excluding hydrogens is 364 g/mol. The average Bonchev–Trinajstić information content (AvgIpc) is 3.24. The molecule has 2 N–H and O–H groups in total. The van der Waals surface area contributed by atoms with Crippen molar-refractivity contribution in [2.75, 3.05) is 17.7 Å². The Hall–Kier alpha value is -2.06. The molecule has 7 nitrogen and oxygen atoms in total. The van der Waals surface area contributed by atoms with E-state index in [1.807, 2.05) is 24.3 Å². The van der Waals surface area contributed by atoms with Crippen molar-refractivity contribution < 1.29 is 9.53 Å². The number of H-pyrrole nitrogens is 1. The van der Waals surface area contributed by atoms with Crippen molar-refractivity contribution in [3.05, 3.63) is 40.3 Å². The van der Waals surface area contributed by atoms with Crippen LogP contribution in [0.25, 0.3) is 0 Å². The number of amides is 1. The topological polar surface area (TPSA) is 89.0 Å². The third kappa shape index (κ3) is 5.23. The van der Waals surface area contributed by atoms with Gasteiger partial charge in [-0.3, -0.25) is 9.36 Å². The summed E-state index contributed by atoms with van der Waals surface area (Å²) in [6.07, 6.45) is 1.98. The molecule has 27 heavy (non-hydrogen) atoms. The highest BCUT2D eigenvalue weighted by Gasteiger charge is 2.20. The highest BCUT2D eigenvalue weighted by molar-refractivity contribution is 7.99. The summed E-state index contributed by atoms with van der Waals surface area (Å²) in [5.74, 6) is 0.0410. The Bertz CT molecular complexity index is 830. The lowest BCUT2D eigenvalue weighted by molar-refractivity contribution is -0.113. The van der Waals surface area contributed by atoms with Gasteiger partial charge in [0.25, 0.3) is 0 Å². The third-order valence-electron chi connectivity index (χ3n) is 4.50. The van der Waals surface area contributed by atoms with Crippen LogP contribution in [0.5, 0.6) is 0 Å². The highest BCUT2D eigenvalue weighted by Crippen LogP contribution is 2.24. The second-order valence-electron chi connectivity index (χ2n) is 7.72. The van der Waals surface area contributed by atoms with Crippen LogP contribution in [0.15, 0.2) is 34.2 Å². The van der Waals surface area contributed by atoms with Gasteiger partial charge in [0.05, 0.1) is 18.4 Å². The molecule has 1 aliphatic rings. The number of aromatic nitrogens is 3. The van der Waals surface area contributed by atoms with Crippen LogP contribution < -0.4 is 11.0 Å². The maximum atomic E-state index is 12.2. The summed E-state index contributed by atoms with van der Waals surface area (Å²) in [4.78, 5) is 24.2. The minimum Gasteiger partial charge on any atom is -0.376 e. The minimum absolute atomic E-state index is 0.0369. The molecule has 1 fully saturated rings. The van der Waals surface area contributed by atoms with E-state index >= 15 is 0 Å². The van der Waals surface area contributed by atoms with Crippen molar-refractivity contribution in [2.45, 2.75) is 56.8 Å². The van der Waals surface area contributed by atoms with Crippen LogP contribution in [0.4, 0.5) is 5.69 Å². The highest BCUT2D eigenvalue weighted by atomic mass is 32.2. The fourth-order valence-electron chi connectivity index (χ4n) is 2.95. The molecule has 0 bridgehead atoms. The molecule has 8 heteroatoms. The van der Waals surface area contributed by atoms with Crippen LogP contribution >= 0.6 is 11.8 Å². The number of nitrogens with one attached hydrogen (secondary N) is 2. The summed E-state index contributed by atoms with van der Waals surface area (Å²) in [6, 6.07) is 7.86. The lowest BCUT2D eigenvalue weighted by Crippen LogP contribution is -2.25. The van der Waals surface area contributed by atoms with Gasteiger partial charge in [0.15, 0.2) is 5.16 Å². The second-order valence-corrected chi connectivity index (χ2v) is 8.66. The summed E-state index contributed by atoms with van der Waals surface area (Å²) >= 11 is 1.24. The number of rotatable bonds is 6. The predicted octanol–water partition coefficient (Wildman–Crippen LogP) is 2.78. The maximum Gasteiger partial charge on any atom is 0.344 e. The van der Waals surface area contributed by atoms with E-state index in [9.17, 15) is 9.59 Å². The standard InChI is InChI=1S/C19H26N4O3S/c1-19(2,3)13-6-8-14(9-7-13)20-16(24)12-27-18-22-21-17(25)23(18)11-15-5-4-10-26-15/h6-9,15H,4-5,10-12H2,1-3H3,(H,20,24)(H,21,25). The van der Waals surface area contributed by atoms with Gasteiger partial charge in [-0.05, 0) is 36.0 Å². The summed E-state index contributed by atoms with van der Waals surface area (Å²) < 4.78 is 7.13. The van der Waals surface area contributed by atoms with E-state index in [0.29, 0.717) is 11.7 Å². The summed E-state index contributed by atoms with van der Waals surface area (Å²) in [6.45, 7) is 7.65. The van der Waals surface area contributed by atoms with E-state index in [-0.39, 0.29) is 28.9 Å². The molecule has 1 unspecified atom stereocenters. The van der Waals surface area contributed by atoms with Gasteiger partial charge in [-0.15, -0.1) is 5.10 Å². The lowest BCUT2D eigenvalue weighted by Gasteiger charge is -2.19. The molecule has 2 heterocycles. The van der Waals surface area contributed by atoms with E-state index in [1.165, 1.54) is 17.3 Å². The van der Waals surface area contributed by atoms with Gasteiger partial charge in [-0.1, -0.05) is 44.7 Å². The molecule has 1 saturated heterocycles. The number of thioether (sulfide) groups is 1. The van der Waals surface area contributed by atoms with Gasteiger partial charge in [0.2, 0.25) is 5.91 Å². The third-order valence-corrected chi connectivity index (χ3v) is 5.48. The van der Waals surface area contributed by atoms with Crippen molar-refractivity contribution in [3.63, 3.8) is 0 Å². The van der Waals surface area contributed by atoms with Gasteiger partial charge in [-0.2, -0.15) is 0 Å².